The molecule has 0 aromatic heterocycles. The Kier molecular flexibility index (Phi) is 4.76. The molecule has 1 rings (SSSR count). The van der Waals surface area contributed by atoms with Crippen molar-refractivity contribution < 1.29 is 14.3 Å². The largest absolute Gasteiger partial charge is 0.507 e. The number of rotatable bonds is 5. The summed E-state index contributed by atoms with van der Waals surface area (Å²) < 4.78 is 12.8. The van der Waals surface area contributed by atoms with Crippen molar-refractivity contribution in [3.8, 4) is 5.75 Å². The molecule has 0 amide bonds. The summed E-state index contributed by atoms with van der Waals surface area (Å²) in [7, 11) is 0. The number of halogens is 1. The number of hydrogen-bond acceptors (Lipinski definition) is 3. The van der Waals surface area contributed by atoms with E-state index in [4.69, 9.17) is 4.84 Å². The molecule has 0 aliphatic heterocycles. The van der Waals surface area contributed by atoms with Crippen LogP contribution < -0.4 is 0 Å². The van der Waals surface area contributed by atoms with Gasteiger partial charge in [0.2, 0.25) is 0 Å². The van der Waals surface area contributed by atoms with Crippen LogP contribution in [0.2, 0.25) is 0 Å². The zero-order valence-electron chi connectivity index (χ0n) is 9.48. The second-order valence-corrected chi connectivity index (χ2v) is 3.95. The number of aromatic hydroxyl groups is 1. The summed E-state index contributed by atoms with van der Waals surface area (Å²) in [5.74, 6) is 0.122. The van der Waals surface area contributed by atoms with E-state index in [1.807, 2.05) is 0 Å². The molecule has 16 heavy (non-hydrogen) atoms. The van der Waals surface area contributed by atoms with Crippen molar-refractivity contribution in [2.24, 2.45) is 11.1 Å². The summed E-state index contributed by atoms with van der Waals surface area (Å²) in [4.78, 5) is 4.98. The van der Waals surface area contributed by atoms with Gasteiger partial charge in [0.15, 0.2) is 0 Å². The fourth-order valence-electron chi connectivity index (χ4n) is 1.06. The maximum atomic E-state index is 12.8. The Morgan fingerprint density at radius 1 is 1.50 bits per heavy atom. The maximum absolute atomic E-state index is 12.8. The van der Waals surface area contributed by atoms with Crippen LogP contribution in [0.3, 0.4) is 0 Å². The van der Waals surface area contributed by atoms with Gasteiger partial charge < -0.3 is 9.94 Å². The zero-order valence-corrected chi connectivity index (χ0v) is 9.48. The number of oxime groups is 1. The second kappa shape index (κ2) is 6.10. The van der Waals surface area contributed by atoms with Crippen LogP contribution in [0.15, 0.2) is 23.4 Å². The van der Waals surface area contributed by atoms with Gasteiger partial charge >= 0.3 is 0 Å². The molecular weight excluding hydrogens is 209 g/mol. The normalized spacial score (nSPS) is 11.2. The SMILES string of the molecule is CC(C)CCON=Cc1cc(F)ccc1O. The molecule has 1 N–H and O–H groups in total. The van der Waals surface area contributed by atoms with Gasteiger partial charge in [0.25, 0.3) is 0 Å². The van der Waals surface area contributed by atoms with Crippen LogP contribution in [0.4, 0.5) is 4.39 Å². The molecule has 4 heteroatoms. The van der Waals surface area contributed by atoms with E-state index in [9.17, 15) is 9.50 Å². The Balaban J connectivity index is 2.46. The highest BCUT2D eigenvalue weighted by Crippen LogP contribution is 2.15. The molecule has 0 spiro atoms. The molecule has 3 nitrogen and oxygen atoms in total. The zero-order chi connectivity index (χ0) is 12.0. The lowest BCUT2D eigenvalue weighted by Crippen LogP contribution is -1.95. The van der Waals surface area contributed by atoms with Crippen molar-refractivity contribution in [3.05, 3.63) is 29.6 Å². The van der Waals surface area contributed by atoms with E-state index in [-0.39, 0.29) is 5.75 Å². The fraction of sp³-hybridized carbons (Fsp3) is 0.417. The molecule has 0 aliphatic rings. The van der Waals surface area contributed by atoms with Crippen molar-refractivity contribution >= 4 is 6.21 Å². The summed E-state index contributed by atoms with van der Waals surface area (Å²) in [6.07, 6.45) is 2.21. The number of phenolic OH excluding ortho intramolecular Hbond substituents is 1. The van der Waals surface area contributed by atoms with E-state index in [2.05, 4.69) is 19.0 Å². The monoisotopic (exact) mass is 225 g/mol. The summed E-state index contributed by atoms with van der Waals surface area (Å²) in [6.45, 7) is 4.70. The van der Waals surface area contributed by atoms with Gasteiger partial charge in [0, 0.05) is 5.56 Å². The number of nitrogens with zero attached hydrogens (tertiary/aromatic N) is 1. The molecule has 0 saturated heterocycles. The fourth-order valence-corrected chi connectivity index (χ4v) is 1.06. The molecule has 0 heterocycles. The third kappa shape index (κ3) is 4.29. The summed E-state index contributed by atoms with van der Waals surface area (Å²) in [5, 5.41) is 13.0. The van der Waals surface area contributed by atoms with Crippen LogP contribution in [0.25, 0.3) is 0 Å². The highest BCUT2D eigenvalue weighted by atomic mass is 19.1. The molecule has 0 atom stereocenters. The van der Waals surface area contributed by atoms with Crippen molar-refractivity contribution in [2.75, 3.05) is 6.61 Å². The number of phenols is 1. The minimum absolute atomic E-state index is 0.0161. The van der Waals surface area contributed by atoms with Crippen LogP contribution in [0.5, 0.6) is 5.75 Å². The van der Waals surface area contributed by atoms with E-state index < -0.39 is 5.82 Å². The molecule has 0 fully saturated rings. The van der Waals surface area contributed by atoms with Crippen LogP contribution in [0, 0.1) is 11.7 Å². The summed E-state index contributed by atoms with van der Waals surface area (Å²) in [6, 6.07) is 3.67. The molecule has 1 aromatic rings. The van der Waals surface area contributed by atoms with Gasteiger partial charge in [-0.3, -0.25) is 0 Å². The van der Waals surface area contributed by atoms with Crippen LogP contribution in [0.1, 0.15) is 25.8 Å². The quantitative estimate of drug-likeness (QED) is 0.475. The van der Waals surface area contributed by atoms with Gasteiger partial charge in [-0.05, 0) is 30.5 Å². The topological polar surface area (TPSA) is 41.8 Å². The van der Waals surface area contributed by atoms with Gasteiger partial charge in [-0.25, -0.2) is 4.39 Å². The van der Waals surface area contributed by atoms with Crippen LogP contribution in [-0.4, -0.2) is 17.9 Å². The molecule has 0 aliphatic carbocycles. The average molecular weight is 225 g/mol. The maximum Gasteiger partial charge on any atom is 0.124 e. The van der Waals surface area contributed by atoms with Gasteiger partial charge in [0.05, 0.1) is 6.21 Å². The predicted molar refractivity (Wildman–Crippen MR) is 61.1 cm³/mol. The first-order valence-corrected chi connectivity index (χ1v) is 5.23. The second-order valence-electron chi connectivity index (χ2n) is 3.95. The minimum atomic E-state index is -0.415. The first kappa shape index (κ1) is 12.5. The van der Waals surface area contributed by atoms with E-state index >= 15 is 0 Å². The molecule has 88 valence electrons. The predicted octanol–water partition coefficient (Wildman–Crippen LogP) is 2.93. The Bertz CT molecular complexity index is 364. The Hall–Kier alpha value is -1.58. The van der Waals surface area contributed by atoms with Crippen molar-refractivity contribution in [1.82, 2.24) is 0 Å². The highest BCUT2D eigenvalue weighted by Gasteiger charge is 1.99. The Morgan fingerprint density at radius 2 is 2.25 bits per heavy atom. The lowest BCUT2D eigenvalue weighted by Gasteiger charge is -2.02. The average Bonchev–Trinajstić information content (AvgIpc) is 2.22. The van der Waals surface area contributed by atoms with E-state index in [0.717, 1.165) is 6.42 Å². The van der Waals surface area contributed by atoms with E-state index in [1.54, 1.807) is 0 Å². The first-order valence-electron chi connectivity index (χ1n) is 5.23. The standard InChI is InChI=1S/C12H16FNO2/c1-9(2)5-6-16-14-8-10-7-11(13)3-4-12(10)15/h3-4,7-9,15H,5-6H2,1-2H3. The van der Waals surface area contributed by atoms with Crippen LogP contribution >= 0.6 is 0 Å². The summed E-state index contributed by atoms with van der Waals surface area (Å²) in [5.41, 5.74) is 0.310. The van der Waals surface area contributed by atoms with Crippen LogP contribution in [-0.2, 0) is 4.84 Å². The lowest BCUT2D eigenvalue weighted by atomic mass is 10.1. The third-order valence-corrected chi connectivity index (χ3v) is 2.04. The number of hydrogen-bond donors (Lipinski definition) is 1. The van der Waals surface area contributed by atoms with E-state index in [1.165, 1.54) is 24.4 Å². The smallest absolute Gasteiger partial charge is 0.124 e. The van der Waals surface area contributed by atoms with Gasteiger partial charge in [-0.15, -0.1) is 0 Å². The first-order chi connectivity index (χ1) is 7.59. The Morgan fingerprint density at radius 3 is 2.94 bits per heavy atom. The number of benzene rings is 1. The van der Waals surface area contributed by atoms with Gasteiger partial charge in [0.1, 0.15) is 18.2 Å². The van der Waals surface area contributed by atoms with E-state index in [0.29, 0.717) is 18.1 Å². The molecule has 0 saturated carbocycles. The molecule has 0 bridgehead atoms. The molecule has 1 aromatic carbocycles. The minimum Gasteiger partial charge on any atom is -0.507 e. The van der Waals surface area contributed by atoms with Crippen molar-refractivity contribution in [1.29, 1.82) is 0 Å². The summed E-state index contributed by atoms with van der Waals surface area (Å²) >= 11 is 0. The molecule has 0 radical (unpaired) electrons. The van der Waals surface area contributed by atoms with Crippen molar-refractivity contribution in [2.45, 2.75) is 20.3 Å². The molecular formula is C12H16FNO2. The van der Waals surface area contributed by atoms with Crippen molar-refractivity contribution in [3.63, 3.8) is 0 Å². The van der Waals surface area contributed by atoms with Gasteiger partial charge in [-0.2, -0.15) is 0 Å². The highest BCUT2D eigenvalue weighted by molar-refractivity contribution is 5.82. The molecule has 0 unspecified atom stereocenters. The van der Waals surface area contributed by atoms with Gasteiger partial charge in [-0.1, -0.05) is 19.0 Å². The third-order valence-electron chi connectivity index (χ3n) is 2.04. The lowest BCUT2D eigenvalue weighted by molar-refractivity contribution is 0.134. The Labute approximate surface area is 94.5 Å².